The third-order valence-corrected chi connectivity index (χ3v) is 2.61. The Hall–Kier alpha value is -0.350. The zero-order chi connectivity index (χ0) is 7.84. The molecule has 0 aliphatic carbocycles. The van der Waals surface area contributed by atoms with Gasteiger partial charge in [0.05, 0.1) is 5.39 Å². The summed E-state index contributed by atoms with van der Waals surface area (Å²) in [5.74, 6) is 0. The lowest BCUT2D eigenvalue weighted by atomic mass is 10.3. The molecule has 11 heavy (non-hydrogen) atoms. The van der Waals surface area contributed by atoms with Gasteiger partial charge in [0.1, 0.15) is 0 Å². The van der Waals surface area contributed by atoms with Gasteiger partial charge in [-0.1, -0.05) is 11.2 Å². The van der Waals surface area contributed by atoms with E-state index < -0.39 is 0 Å². The Bertz CT molecular complexity index is 396. The Kier molecular flexibility index (Phi) is 1.73. The smallest absolute Gasteiger partial charge is 0.169 e. The zero-order valence-electron chi connectivity index (χ0n) is 5.34. The lowest BCUT2D eigenvalue weighted by Crippen LogP contribution is -1.66. The van der Waals surface area contributed by atoms with Crippen LogP contribution >= 0.6 is 31.9 Å². The molecule has 0 fully saturated rings. The Labute approximate surface area is 79.8 Å². The summed E-state index contributed by atoms with van der Waals surface area (Å²) < 4.78 is 6.73. The van der Waals surface area contributed by atoms with Gasteiger partial charge in [-0.2, -0.15) is 0 Å². The largest absolute Gasteiger partial charge is 0.355 e. The molecule has 2 rings (SSSR count). The number of halogens is 2. The summed E-state index contributed by atoms with van der Waals surface area (Å²) in [6, 6.07) is 5.73. The molecule has 0 aliphatic heterocycles. The summed E-state index contributed by atoms with van der Waals surface area (Å²) in [7, 11) is 0. The molecule has 0 aliphatic rings. The summed E-state index contributed by atoms with van der Waals surface area (Å²) >= 11 is 6.68. The van der Waals surface area contributed by atoms with Crippen LogP contribution in [0.3, 0.4) is 0 Å². The summed E-state index contributed by atoms with van der Waals surface area (Å²) in [6.07, 6.45) is 0. The Morgan fingerprint density at radius 1 is 1.27 bits per heavy atom. The van der Waals surface area contributed by atoms with E-state index in [9.17, 15) is 0 Å². The molecule has 0 spiro atoms. The van der Waals surface area contributed by atoms with Gasteiger partial charge >= 0.3 is 0 Å². The van der Waals surface area contributed by atoms with Crippen molar-refractivity contribution in [1.82, 2.24) is 5.16 Å². The van der Waals surface area contributed by atoms with E-state index in [-0.39, 0.29) is 0 Å². The summed E-state index contributed by atoms with van der Waals surface area (Å²) in [5.41, 5.74) is 0.784. The highest BCUT2D eigenvalue weighted by Gasteiger charge is 2.06. The van der Waals surface area contributed by atoms with Crippen LogP contribution in [0.5, 0.6) is 0 Å². The number of hydrogen-bond donors (Lipinski definition) is 0. The summed E-state index contributed by atoms with van der Waals surface area (Å²) in [4.78, 5) is 0. The van der Waals surface area contributed by atoms with E-state index in [1.807, 2.05) is 18.2 Å². The van der Waals surface area contributed by atoms with Gasteiger partial charge in [-0.15, -0.1) is 0 Å². The third-order valence-electron chi connectivity index (χ3n) is 1.41. The lowest BCUT2D eigenvalue weighted by molar-refractivity contribution is 0.451. The van der Waals surface area contributed by atoms with E-state index in [2.05, 4.69) is 37.0 Å². The lowest BCUT2D eigenvalue weighted by Gasteiger charge is -1.88. The van der Waals surface area contributed by atoms with E-state index in [1.165, 1.54) is 0 Å². The van der Waals surface area contributed by atoms with Crippen LogP contribution in [0.25, 0.3) is 11.0 Å². The van der Waals surface area contributed by atoms with Gasteiger partial charge in [0.25, 0.3) is 0 Å². The fourth-order valence-electron chi connectivity index (χ4n) is 0.916. The number of aromatic nitrogens is 1. The molecule has 0 N–H and O–H groups in total. The number of nitrogens with zero attached hydrogens (tertiary/aromatic N) is 1. The highest BCUT2D eigenvalue weighted by atomic mass is 79.9. The van der Waals surface area contributed by atoms with Crippen LogP contribution in [0, 0.1) is 0 Å². The number of hydrogen-bond acceptors (Lipinski definition) is 2. The van der Waals surface area contributed by atoms with Crippen molar-refractivity contribution in [3.05, 3.63) is 27.3 Å². The van der Waals surface area contributed by atoms with Gasteiger partial charge in [0.2, 0.25) is 0 Å². The molecule has 0 bridgehead atoms. The molecule has 0 saturated carbocycles. The average molecular weight is 277 g/mol. The van der Waals surface area contributed by atoms with Crippen molar-refractivity contribution in [2.75, 3.05) is 0 Å². The predicted octanol–water partition coefficient (Wildman–Crippen LogP) is 3.35. The molecular weight excluding hydrogens is 274 g/mol. The van der Waals surface area contributed by atoms with E-state index in [0.29, 0.717) is 0 Å². The normalized spacial score (nSPS) is 10.7. The first kappa shape index (κ1) is 7.31. The number of rotatable bonds is 0. The van der Waals surface area contributed by atoms with Crippen LogP contribution in [-0.4, -0.2) is 5.16 Å². The van der Waals surface area contributed by atoms with Crippen molar-refractivity contribution < 1.29 is 4.52 Å². The highest BCUT2D eigenvalue weighted by Crippen LogP contribution is 2.29. The Balaban J connectivity index is 2.96. The molecule has 0 saturated heterocycles. The van der Waals surface area contributed by atoms with Crippen LogP contribution < -0.4 is 0 Å². The fourth-order valence-corrected chi connectivity index (χ4v) is 2.20. The van der Waals surface area contributed by atoms with Gasteiger partial charge in [0.15, 0.2) is 10.2 Å². The first-order valence-corrected chi connectivity index (χ1v) is 4.57. The van der Waals surface area contributed by atoms with Crippen molar-refractivity contribution in [3.63, 3.8) is 0 Å². The highest BCUT2D eigenvalue weighted by molar-refractivity contribution is 9.11. The van der Waals surface area contributed by atoms with Gasteiger partial charge in [-0.25, -0.2) is 0 Å². The standard InChI is InChI=1S/C7H3Br2NO/c8-4-2-1-3-5-6(4)7(9)10-11-5/h1-3H. The molecule has 1 aromatic carbocycles. The van der Waals surface area contributed by atoms with Crippen molar-refractivity contribution in [2.45, 2.75) is 0 Å². The van der Waals surface area contributed by atoms with E-state index in [0.717, 1.165) is 20.0 Å². The summed E-state index contributed by atoms with van der Waals surface area (Å²) in [6.45, 7) is 0. The molecule has 56 valence electrons. The maximum atomic E-state index is 5.00. The Morgan fingerprint density at radius 2 is 2.09 bits per heavy atom. The first-order valence-electron chi connectivity index (χ1n) is 2.98. The molecule has 4 heteroatoms. The number of fused-ring (bicyclic) bond motifs is 1. The van der Waals surface area contributed by atoms with Crippen LogP contribution in [0.2, 0.25) is 0 Å². The molecule has 1 heterocycles. The molecular formula is C7H3Br2NO. The molecule has 2 nitrogen and oxygen atoms in total. The third kappa shape index (κ3) is 1.10. The quantitative estimate of drug-likeness (QED) is 0.738. The molecule has 0 amide bonds. The maximum absolute atomic E-state index is 5.00. The first-order chi connectivity index (χ1) is 5.29. The van der Waals surface area contributed by atoms with E-state index in [4.69, 9.17) is 4.52 Å². The minimum absolute atomic E-state index is 0.736. The van der Waals surface area contributed by atoms with Gasteiger partial charge < -0.3 is 4.52 Å². The van der Waals surface area contributed by atoms with Crippen molar-refractivity contribution in [3.8, 4) is 0 Å². The van der Waals surface area contributed by atoms with Crippen molar-refractivity contribution in [1.29, 1.82) is 0 Å². The van der Waals surface area contributed by atoms with Gasteiger partial charge in [0, 0.05) is 4.47 Å². The Morgan fingerprint density at radius 3 is 2.82 bits per heavy atom. The van der Waals surface area contributed by atoms with Crippen LogP contribution in [0.15, 0.2) is 31.8 Å². The van der Waals surface area contributed by atoms with Gasteiger partial charge in [-0.3, -0.25) is 0 Å². The minimum atomic E-state index is 0.736. The topological polar surface area (TPSA) is 26.0 Å². The van der Waals surface area contributed by atoms with Gasteiger partial charge in [-0.05, 0) is 44.0 Å². The van der Waals surface area contributed by atoms with E-state index in [1.54, 1.807) is 0 Å². The summed E-state index contributed by atoms with van der Waals surface area (Å²) in [5, 5.41) is 4.75. The molecule has 0 atom stereocenters. The van der Waals surface area contributed by atoms with Crippen LogP contribution in [-0.2, 0) is 0 Å². The van der Waals surface area contributed by atoms with Crippen molar-refractivity contribution >= 4 is 42.8 Å². The molecule has 1 aromatic heterocycles. The minimum Gasteiger partial charge on any atom is -0.355 e. The zero-order valence-corrected chi connectivity index (χ0v) is 8.52. The molecule has 2 aromatic rings. The van der Waals surface area contributed by atoms with E-state index >= 15 is 0 Å². The molecule has 0 unspecified atom stereocenters. The second kappa shape index (κ2) is 2.60. The second-order valence-electron chi connectivity index (χ2n) is 2.09. The SMILES string of the molecule is Brc1cccc2onc(Br)c12. The monoisotopic (exact) mass is 275 g/mol. The maximum Gasteiger partial charge on any atom is 0.169 e. The number of benzene rings is 1. The molecule has 0 radical (unpaired) electrons. The van der Waals surface area contributed by atoms with Crippen LogP contribution in [0.1, 0.15) is 0 Å². The van der Waals surface area contributed by atoms with Crippen LogP contribution in [0.4, 0.5) is 0 Å². The second-order valence-corrected chi connectivity index (χ2v) is 3.69. The fraction of sp³-hybridized carbons (Fsp3) is 0. The van der Waals surface area contributed by atoms with Crippen molar-refractivity contribution in [2.24, 2.45) is 0 Å². The average Bonchev–Trinajstić information content (AvgIpc) is 2.34. The predicted molar refractivity (Wildman–Crippen MR) is 49.4 cm³/mol.